The third-order valence-corrected chi connectivity index (χ3v) is 3.57. The van der Waals surface area contributed by atoms with Crippen LogP contribution in [0.15, 0.2) is 16.5 Å². The number of nitrogens with one attached hydrogen (secondary N) is 1. The van der Waals surface area contributed by atoms with E-state index in [0.717, 1.165) is 24.4 Å². The van der Waals surface area contributed by atoms with Crippen LogP contribution < -0.4 is 5.32 Å². The Balaban J connectivity index is 1.73. The number of nitrogens with zero attached hydrogens (tertiary/aromatic N) is 1. The van der Waals surface area contributed by atoms with Gasteiger partial charge in [0.15, 0.2) is 0 Å². The number of hydrogen-bond donors (Lipinski definition) is 2. The molecule has 1 fully saturated rings. The van der Waals surface area contributed by atoms with Gasteiger partial charge in [-0.1, -0.05) is 0 Å². The van der Waals surface area contributed by atoms with Gasteiger partial charge in [0.05, 0.1) is 6.54 Å². The van der Waals surface area contributed by atoms with E-state index in [1.165, 1.54) is 0 Å². The van der Waals surface area contributed by atoms with Crippen molar-refractivity contribution in [3.63, 3.8) is 0 Å². The van der Waals surface area contributed by atoms with Crippen molar-refractivity contribution < 1.29 is 19.1 Å². The van der Waals surface area contributed by atoms with Gasteiger partial charge < -0.3 is 19.7 Å². The summed E-state index contributed by atoms with van der Waals surface area (Å²) in [5.41, 5.74) is 0. The molecule has 1 aliphatic heterocycles. The Hall–Kier alpha value is -1.98. The van der Waals surface area contributed by atoms with E-state index in [-0.39, 0.29) is 18.4 Å². The van der Waals surface area contributed by atoms with Crippen molar-refractivity contribution in [3.8, 4) is 0 Å². The maximum atomic E-state index is 12.0. The summed E-state index contributed by atoms with van der Waals surface area (Å²) >= 11 is 0. The number of carbonyl (C=O) groups is 2. The number of aliphatic carboxylic acids is 1. The lowest BCUT2D eigenvalue weighted by molar-refractivity contribution is -0.138. The number of carboxylic acid groups (broad SMARTS) is 1. The Labute approximate surface area is 117 Å². The third kappa shape index (κ3) is 4.01. The minimum absolute atomic E-state index is 0.118. The van der Waals surface area contributed by atoms with Crippen LogP contribution in [-0.4, -0.2) is 35.1 Å². The van der Waals surface area contributed by atoms with Crippen molar-refractivity contribution in [1.82, 2.24) is 10.2 Å². The standard InChI is InChI=1S/C14H20N2O4/c1-10-2-3-12(20-10)9-15-14(19)16-6-4-11(5-7-16)8-13(17)18/h2-3,11H,4-9H2,1H3,(H,15,19)(H,17,18). The highest BCUT2D eigenvalue weighted by Crippen LogP contribution is 2.20. The summed E-state index contributed by atoms with van der Waals surface area (Å²) in [6.07, 6.45) is 1.69. The predicted octanol–water partition coefficient (Wildman–Crippen LogP) is 1.98. The minimum Gasteiger partial charge on any atom is -0.481 e. The first kappa shape index (κ1) is 14.4. The Morgan fingerprint density at radius 2 is 2.10 bits per heavy atom. The summed E-state index contributed by atoms with van der Waals surface area (Å²) in [4.78, 5) is 24.3. The number of likely N-dealkylation sites (tertiary alicyclic amines) is 1. The molecule has 0 atom stereocenters. The quantitative estimate of drug-likeness (QED) is 0.883. The van der Waals surface area contributed by atoms with E-state index in [1.807, 2.05) is 19.1 Å². The number of hydrogen-bond acceptors (Lipinski definition) is 3. The molecule has 2 amide bonds. The maximum Gasteiger partial charge on any atom is 0.317 e. The molecular formula is C14H20N2O4. The molecule has 2 N–H and O–H groups in total. The van der Waals surface area contributed by atoms with E-state index < -0.39 is 5.97 Å². The van der Waals surface area contributed by atoms with Crippen LogP contribution in [0, 0.1) is 12.8 Å². The largest absolute Gasteiger partial charge is 0.481 e. The van der Waals surface area contributed by atoms with Gasteiger partial charge in [0.25, 0.3) is 0 Å². The molecule has 0 spiro atoms. The monoisotopic (exact) mass is 280 g/mol. The zero-order valence-electron chi connectivity index (χ0n) is 11.6. The van der Waals surface area contributed by atoms with Crippen LogP contribution >= 0.6 is 0 Å². The highest BCUT2D eigenvalue weighted by molar-refractivity contribution is 5.74. The average molecular weight is 280 g/mol. The van der Waals surface area contributed by atoms with Crippen LogP contribution in [0.1, 0.15) is 30.8 Å². The van der Waals surface area contributed by atoms with Crippen molar-refractivity contribution in [3.05, 3.63) is 23.7 Å². The fourth-order valence-electron chi connectivity index (χ4n) is 2.44. The third-order valence-electron chi connectivity index (χ3n) is 3.57. The summed E-state index contributed by atoms with van der Waals surface area (Å²) in [5.74, 6) is 0.978. The lowest BCUT2D eigenvalue weighted by Gasteiger charge is -2.31. The van der Waals surface area contributed by atoms with Gasteiger partial charge >= 0.3 is 12.0 Å². The van der Waals surface area contributed by atoms with Crippen molar-refractivity contribution in [2.75, 3.05) is 13.1 Å². The topological polar surface area (TPSA) is 82.8 Å². The van der Waals surface area contributed by atoms with Gasteiger partial charge in [-0.15, -0.1) is 0 Å². The first-order chi connectivity index (χ1) is 9.54. The molecule has 2 heterocycles. The number of carbonyl (C=O) groups excluding carboxylic acids is 1. The van der Waals surface area contributed by atoms with Crippen LogP contribution in [0.3, 0.4) is 0 Å². The number of furan rings is 1. The number of aryl methyl sites for hydroxylation is 1. The van der Waals surface area contributed by atoms with Gasteiger partial charge in [0.2, 0.25) is 0 Å². The Morgan fingerprint density at radius 1 is 1.40 bits per heavy atom. The number of urea groups is 1. The number of rotatable bonds is 4. The van der Waals surface area contributed by atoms with Crippen molar-refractivity contribution >= 4 is 12.0 Å². The van der Waals surface area contributed by atoms with Gasteiger partial charge in [-0.2, -0.15) is 0 Å². The van der Waals surface area contributed by atoms with Crippen LogP contribution in [0.25, 0.3) is 0 Å². The molecule has 20 heavy (non-hydrogen) atoms. The zero-order chi connectivity index (χ0) is 14.5. The summed E-state index contributed by atoms with van der Waals surface area (Å²) in [6, 6.07) is 3.58. The molecule has 2 rings (SSSR count). The van der Waals surface area contributed by atoms with Crippen molar-refractivity contribution in [2.45, 2.75) is 32.7 Å². The summed E-state index contributed by atoms with van der Waals surface area (Å²) in [6.45, 7) is 3.46. The Kier molecular flexibility index (Phi) is 4.65. The number of piperidine rings is 1. The van der Waals surface area contributed by atoms with Crippen LogP contribution in [-0.2, 0) is 11.3 Å². The minimum atomic E-state index is -0.763. The Bertz CT molecular complexity index is 475. The van der Waals surface area contributed by atoms with E-state index in [0.29, 0.717) is 19.6 Å². The number of amides is 2. The molecule has 110 valence electrons. The summed E-state index contributed by atoms with van der Waals surface area (Å²) in [7, 11) is 0. The number of carboxylic acids is 1. The van der Waals surface area contributed by atoms with E-state index in [9.17, 15) is 9.59 Å². The second-order valence-electron chi connectivity index (χ2n) is 5.20. The zero-order valence-corrected chi connectivity index (χ0v) is 11.6. The molecule has 1 aromatic rings. The van der Waals surface area contributed by atoms with Crippen LogP contribution in [0.5, 0.6) is 0 Å². The van der Waals surface area contributed by atoms with Crippen LogP contribution in [0.2, 0.25) is 0 Å². The average Bonchev–Trinajstić information content (AvgIpc) is 2.82. The Morgan fingerprint density at radius 3 is 2.65 bits per heavy atom. The van der Waals surface area contributed by atoms with Gasteiger partial charge in [-0.25, -0.2) is 4.79 Å². The molecule has 0 unspecified atom stereocenters. The maximum absolute atomic E-state index is 12.0. The highest BCUT2D eigenvalue weighted by Gasteiger charge is 2.24. The van der Waals surface area contributed by atoms with Gasteiger partial charge in [0.1, 0.15) is 11.5 Å². The van der Waals surface area contributed by atoms with E-state index >= 15 is 0 Å². The molecular weight excluding hydrogens is 260 g/mol. The highest BCUT2D eigenvalue weighted by atomic mass is 16.4. The van der Waals surface area contributed by atoms with E-state index in [2.05, 4.69) is 5.32 Å². The first-order valence-corrected chi connectivity index (χ1v) is 6.84. The lowest BCUT2D eigenvalue weighted by Crippen LogP contribution is -2.44. The summed E-state index contributed by atoms with van der Waals surface area (Å²) < 4.78 is 5.38. The fourth-order valence-corrected chi connectivity index (χ4v) is 2.44. The van der Waals surface area contributed by atoms with E-state index in [1.54, 1.807) is 4.90 Å². The van der Waals surface area contributed by atoms with Crippen molar-refractivity contribution in [1.29, 1.82) is 0 Å². The predicted molar refractivity (Wildman–Crippen MR) is 72.2 cm³/mol. The van der Waals surface area contributed by atoms with Crippen LogP contribution in [0.4, 0.5) is 4.79 Å². The van der Waals surface area contributed by atoms with Gasteiger partial charge in [-0.3, -0.25) is 4.79 Å². The first-order valence-electron chi connectivity index (χ1n) is 6.84. The fraction of sp³-hybridized carbons (Fsp3) is 0.571. The molecule has 0 aromatic carbocycles. The molecule has 0 saturated carbocycles. The second kappa shape index (κ2) is 6.45. The molecule has 0 bridgehead atoms. The van der Waals surface area contributed by atoms with Gasteiger partial charge in [-0.05, 0) is 37.8 Å². The molecule has 1 aromatic heterocycles. The SMILES string of the molecule is Cc1ccc(CNC(=O)N2CCC(CC(=O)O)CC2)o1. The molecule has 1 aliphatic rings. The molecule has 1 saturated heterocycles. The van der Waals surface area contributed by atoms with Gasteiger partial charge in [0, 0.05) is 19.5 Å². The molecule has 0 radical (unpaired) electrons. The smallest absolute Gasteiger partial charge is 0.317 e. The normalized spacial score (nSPS) is 16.1. The molecule has 6 heteroatoms. The molecule has 0 aliphatic carbocycles. The van der Waals surface area contributed by atoms with E-state index in [4.69, 9.17) is 9.52 Å². The lowest BCUT2D eigenvalue weighted by atomic mass is 9.94. The molecule has 6 nitrogen and oxygen atoms in total. The second-order valence-corrected chi connectivity index (χ2v) is 5.20. The van der Waals surface area contributed by atoms with Crippen molar-refractivity contribution in [2.24, 2.45) is 5.92 Å². The summed E-state index contributed by atoms with van der Waals surface area (Å²) in [5, 5.41) is 11.6.